The number of carbonyl (C=O) groups is 1. The van der Waals surface area contributed by atoms with Gasteiger partial charge in [0.2, 0.25) is 0 Å². The fourth-order valence-corrected chi connectivity index (χ4v) is 3.23. The first-order valence-corrected chi connectivity index (χ1v) is 9.57. The fraction of sp³-hybridized carbons (Fsp3) is 0.400. The van der Waals surface area contributed by atoms with Gasteiger partial charge >= 0.3 is 0 Å². The van der Waals surface area contributed by atoms with Crippen molar-refractivity contribution in [2.24, 2.45) is 0 Å². The molecule has 3 nitrogen and oxygen atoms in total. The number of rotatable bonds is 8. The minimum Gasteiger partial charge on any atom is -0.325 e. The lowest BCUT2D eigenvalue weighted by molar-refractivity contribution is -0.117. The minimum atomic E-state index is -0.0260. The second kappa shape index (κ2) is 8.88. The van der Waals surface area contributed by atoms with Crippen molar-refractivity contribution in [2.75, 3.05) is 6.26 Å². The molecule has 0 saturated heterocycles. The van der Waals surface area contributed by atoms with Gasteiger partial charge in [0.1, 0.15) is 5.78 Å². The van der Waals surface area contributed by atoms with Crippen LogP contribution in [0.3, 0.4) is 0 Å². The summed E-state index contributed by atoms with van der Waals surface area (Å²) in [6, 6.07) is 12.4. The number of carbonyl (C=O) groups excluding carboxylic acids is 1. The molecule has 0 saturated carbocycles. The van der Waals surface area contributed by atoms with Crippen LogP contribution in [0.15, 0.2) is 46.1 Å². The highest BCUT2D eigenvalue weighted by Gasteiger charge is 2.15. The van der Waals surface area contributed by atoms with Gasteiger partial charge in [0.25, 0.3) is 5.56 Å². The van der Waals surface area contributed by atoms with Crippen LogP contribution >= 0.6 is 11.8 Å². The van der Waals surface area contributed by atoms with Gasteiger partial charge in [-0.1, -0.05) is 24.6 Å². The number of ketones is 1. The van der Waals surface area contributed by atoms with Gasteiger partial charge in [0, 0.05) is 28.5 Å². The Bertz CT molecular complexity index is 734. The Labute approximate surface area is 147 Å². The van der Waals surface area contributed by atoms with Crippen LogP contribution in [0.25, 0.3) is 0 Å². The molecule has 1 heterocycles. The number of aryl methyl sites for hydroxylation is 1. The Morgan fingerprint density at radius 1 is 1.12 bits per heavy atom. The lowest BCUT2D eigenvalue weighted by Gasteiger charge is -2.18. The van der Waals surface area contributed by atoms with Crippen LogP contribution in [0, 0.1) is 6.92 Å². The number of hydrogen-bond acceptors (Lipinski definition) is 3. The second-order valence-electron chi connectivity index (χ2n) is 6.20. The monoisotopic (exact) mass is 343 g/mol. The van der Waals surface area contributed by atoms with Gasteiger partial charge in [-0.25, -0.2) is 0 Å². The van der Waals surface area contributed by atoms with Gasteiger partial charge in [-0.3, -0.25) is 4.79 Å². The van der Waals surface area contributed by atoms with E-state index in [9.17, 15) is 9.59 Å². The molecular weight excluding hydrogens is 318 g/mol. The number of H-pyrrole nitrogens is 1. The zero-order chi connectivity index (χ0) is 17.5. The van der Waals surface area contributed by atoms with E-state index in [1.807, 2.05) is 19.1 Å². The van der Waals surface area contributed by atoms with Crippen molar-refractivity contribution >= 4 is 17.5 Å². The standard InChI is InChI=1S/C20H25NO2S/c1-14-8-13-19(21-20(14)23)18(7-5-4-6-15(2)22)16-9-11-17(24-3)12-10-16/h8-13,18H,4-7H2,1-3H3,(H,21,23). The molecule has 0 amide bonds. The Morgan fingerprint density at radius 2 is 1.83 bits per heavy atom. The van der Waals surface area contributed by atoms with Crippen LogP contribution in [0.5, 0.6) is 0 Å². The predicted octanol–water partition coefficient (Wildman–Crippen LogP) is 4.69. The third-order valence-electron chi connectivity index (χ3n) is 4.29. The third-order valence-corrected chi connectivity index (χ3v) is 5.04. The smallest absolute Gasteiger partial charge is 0.251 e. The van der Waals surface area contributed by atoms with Crippen LogP contribution in [-0.2, 0) is 4.79 Å². The summed E-state index contributed by atoms with van der Waals surface area (Å²) >= 11 is 1.72. The molecule has 1 atom stereocenters. The minimum absolute atomic E-state index is 0.0260. The summed E-state index contributed by atoms with van der Waals surface area (Å²) < 4.78 is 0. The Hall–Kier alpha value is -1.81. The maximum absolute atomic E-state index is 12.0. The number of aromatic amines is 1. The van der Waals surface area contributed by atoms with Gasteiger partial charge in [0.15, 0.2) is 0 Å². The number of hydrogen-bond donors (Lipinski definition) is 1. The van der Waals surface area contributed by atoms with Crippen LogP contribution in [0.2, 0.25) is 0 Å². The lowest BCUT2D eigenvalue weighted by atomic mass is 9.89. The van der Waals surface area contributed by atoms with Crippen LogP contribution in [0.1, 0.15) is 55.3 Å². The number of benzene rings is 1. The van der Waals surface area contributed by atoms with Crippen LogP contribution in [0.4, 0.5) is 0 Å². The summed E-state index contributed by atoms with van der Waals surface area (Å²) in [5.74, 6) is 0.390. The van der Waals surface area contributed by atoms with E-state index in [2.05, 4.69) is 35.5 Å². The van der Waals surface area contributed by atoms with Crippen molar-refractivity contribution in [3.8, 4) is 0 Å². The van der Waals surface area contributed by atoms with Crippen molar-refractivity contribution in [2.45, 2.75) is 50.3 Å². The van der Waals surface area contributed by atoms with E-state index >= 15 is 0 Å². The molecule has 0 fully saturated rings. The zero-order valence-electron chi connectivity index (χ0n) is 14.6. The topological polar surface area (TPSA) is 49.9 Å². The average Bonchev–Trinajstić information content (AvgIpc) is 2.57. The Balaban J connectivity index is 2.23. The normalized spacial score (nSPS) is 12.1. The molecule has 2 aromatic rings. The van der Waals surface area contributed by atoms with E-state index in [4.69, 9.17) is 0 Å². The summed E-state index contributed by atoms with van der Waals surface area (Å²) in [6.45, 7) is 3.45. The summed E-state index contributed by atoms with van der Waals surface area (Å²) in [5.41, 5.74) is 2.86. The van der Waals surface area contributed by atoms with Gasteiger partial charge in [0.05, 0.1) is 0 Å². The number of nitrogens with one attached hydrogen (secondary N) is 1. The molecule has 4 heteroatoms. The maximum Gasteiger partial charge on any atom is 0.251 e. The molecule has 1 aromatic carbocycles. The van der Waals surface area contributed by atoms with E-state index in [1.54, 1.807) is 18.7 Å². The first-order valence-electron chi connectivity index (χ1n) is 8.34. The average molecular weight is 343 g/mol. The molecule has 0 aliphatic carbocycles. The first-order chi connectivity index (χ1) is 11.5. The van der Waals surface area contributed by atoms with Crippen molar-refractivity contribution in [1.29, 1.82) is 0 Å². The molecule has 1 aromatic heterocycles. The molecule has 0 radical (unpaired) electrons. The number of Topliss-reactive ketones (excluding diaryl/α,β-unsaturated/α-hetero) is 1. The highest BCUT2D eigenvalue weighted by atomic mass is 32.2. The van der Waals surface area contributed by atoms with Crippen molar-refractivity contribution < 1.29 is 4.79 Å². The number of thioether (sulfide) groups is 1. The van der Waals surface area contributed by atoms with E-state index < -0.39 is 0 Å². The quantitative estimate of drug-likeness (QED) is 0.559. The molecule has 1 unspecified atom stereocenters. The molecular formula is C20H25NO2S. The number of unbranched alkanes of at least 4 members (excludes halogenated alkanes) is 1. The highest BCUT2D eigenvalue weighted by molar-refractivity contribution is 7.98. The van der Waals surface area contributed by atoms with Gasteiger partial charge in [-0.15, -0.1) is 11.8 Å². The van der Waals surface area contributed by atoms with E-state index in [0.717, 1.165) is 30.5 Å². The highest BCUT2D eigenvalue weighted by Crippen LogP contribution is 2.29. The molecule has 2 rings (SSSR count). The number of pyridine rings is 1. The molecule has 128 valence electrons. The van der Waals surface area contributed by atoms with E-state index in [-0.39, 0.29) is 17.3 Å². The zero-order valence-corrected chi connectivity index (χ0v) is 15.4. The third kappa shape index (κ3) is 5.10. The maximum atomic E-state index is 12.0. The van der Waals surface area contributed by atoms with Gasteiger partial charge in [-0.2, -0.15) is 0 Å². The molecule has 0 bridgehead atoms. The molecule has 0 aliphatic heterocycles. The van der Waals surface area contributed by atoms with E-state index in [0.29, 0.717) is 6.42 Å². The summed E-state index contributed by atoms with van der Waals surface area (Å²) in [6.07, 6.45) is 5.47. The van der Waals surface area contributed by atoms with Crippen LogP contribution < -0.4 is 5.56 Å². The molecule has 0 aliphatic rings. The summed E-state index contributed by atoms with van der Waals surface area (Å²) in [4.78, 5) is 27.4. The summed E-state index contributed by atoms with van der Waals surface area (Å²) in [5, 5.41) is 0. The predicted molar refractivity (Wildman–Crippen MR) is 101 cm³/mol. The largest absolute Gasteiger partial charge is 0.325 e. The molecule has 0 spiro atoms. The lowest BCUT2D eigenvalue weighted by Crippen LogP contribution is -2.14. The SMILES string of the molecule is CSc1ccc(C(CCCCC(C)=O)c2ccc(C)c(=O)[nH]2)cc1. The van der Waals surface area contributed by atoms with Crippen LogP contribution in [-0.4, -0.2) is 17.0 Å². The summed E-state index contributed by atoms with van der Waals surface area (Å²) in [7, 11) is 0. The second-order valence-corrected chi connectivity index (χ2v) is 7.08. The Morgan fingerprint density at radius 3 is 2.42 bits per heavy atom. The number of aromatic nitrogens is 1. The first kappa shape index (κ1) is 18.5. The fourth-order valence-electron chi connectivity index (χ4n) is 2.83. The van der Waals surface area contributed by atoms with Crippen molar-refractivity contribution in [3.05, 3.63) is 63.6 Å². The Kier molecular flexibility index (Phi) is 6.85. The van der Waals surface area contributed by atoms with E-state index in [1.165, 1.54) is 10.5 Å². The molecule has 24 heavy (non-hydrogen) atoms. The van der Waals surface area contributed by atoms with Gasteiger partial charge in [-0.05, 0) is 56.7 Å². The van der Waals surface area contributed by atoms with Gasteiger partial charge < -0.3 is 9.78 Å². The van der Waals surface area contributed by atoms with Crippen molar-refractivity contribution in [3.63, 3.8) is 0 Å². The molecule has 1 N–H and O–H groups in total. The van der Waals surface area contributed by atoms with Crippen molar-refractivity contribution in [1.82, 2.24) is 4.98 Å².